The van der Waals surface area contributed by atoms with Crippen molar-refractivity contribution in [2.24, 2.45) is 5.92 Å². The monoisotopic (exact) mass is 632 g/mol. The number of hydrogen-bond donors (Lipinski definition) is 6. The molecule has 1 aromatic carbocycles. The molecule has 3 rings (SSSR count). The van der Waals surface area contributed by atoms with Gasteiger partial charge in [-0.3, -0.25) is 4.79 Å². The van der Waals surface area contributed by atoms with E-state index in [-0.39, 0.29) is 24.1 Å². The summed E-state index contributed by atoms with van der Waals surface area (Å²) in [4.78, 5) is 12.2. The van der Waals surface area contributed by atoms with Gasteiger partial charge in [0.25, 0.3) is 0 Å². The van der Waals surface area contributed by atoms with Gasteiger partial charge in [-0.15, -0.1) is 0 Å². The van der Waals surface area contributed by atoms with Crippen LogP contribution in [-0.2, 0) is 35.1 Å². The molecule has 0 aliphatic carbocycles. The number of benzene rings is 1. The molecular weight excluding hydrogens is 584 g/mol. The summed E-state index contributed by atoms with van der Waals surface area (Å²) >= 11 is 0. The van der Waals surface area contributed by atoms with Crippen LogP contribution in [0.15, 0.2) is 18.2 Å². The van der Waals surface area contributed by atoms with Crippen molar-refractivity contribution in [1.29, 1.82) is 0 Å². The second kappa shape index (κ2) is 18.1. The number of carbonyl (C=O) groups excluding carboxylic acids is 1. The SMILES string of the molecule is COc1cc(COC(=O)CCCCCCC(C)C)ccc1OC1OC(CO)C(OC2OC(CO)C(CO)OC2O)C(O)C1O. The molecule has 0 aromatic heterocycles. The molecule has 9 atom stereocenters. The molecule has 2 heterocycles. The van der Waals surface area contributed by atoms with E-state index in [9.17, 15) is 35.4 Å². The zero-order valence-corrected chi connectivity index (χ0v) is 25.5. The number of unbranched alkanes of at least 4 members (excludes halogenated alkanes) is 3. The second-order valence-electron chi connectivity index (χ2n) is 11.4. The number of aliphatic hydroxyl groups is 6. The Balaban J connectivity index is 1.55. The van der Waals surface area contributed by atoms with Gasteiger partial charge in [0.2, 0.25) is 18.9 Å². The number of esters is 1. The number of carbonyl (C=O) groups is 1. The molecule has 0 bridgehead atoms. The Labute approximate surface area is 257 Å². The van der Waals surface area contributed by atoms with Crippen molar-refractivity contribution >= 4 is 5.97 Å². The molecule has 0 radical (unpaired) electrons. The summed E-state index contributed by atoms with van der Waals surface area (Å²) in [7, 11) is 1.41. The van der Waals surface area contributed by atoms with E-state index in [1.807, 2.05) is 0 Å². The molecule has 2 saturated heterocycles. The standard InChI is InChI=1S/C30H48O14/c1-17(2)8-6-4-5-7-9-24(34)39-16-18-10-11-19(20(12-18)38-3)41-29-26(36)25(35)27(23(15-33)43-29)44-30-28(37)40-21(13-31)22(14-32)42-30/h10-12,17,21-23,25-33,35-37H,4-9,13-16H2,1-3H3. The molecule has 2 fully saturated rings. The lowest BCUT2D eigenvalue weighted by Crippen LogP contribution is -2.63. The van der Waals surface area contributed by atoms with Crippen LogP contribution in [0.2, 0.25) is 0 Å². The molecule has 9 unspecified atom stereocenters. The fourth-order valence-corrected chi connectivity index (χ4v) is 4.99. The van der Waals surface area contributed by atoms with Crippen LogP contribution in [0.1, 0.15) is 57.9 Å². The third kappa shape index (κ3) is 10.2. The first-order chi connectivity index (χ1) is 21.1. The fraction of sp³-hybridized carbons (Fsp3) is 0.767. The summed E-state index contributed by atoms with van der Waals surface area (Å²) in [5, 5.41) is 60.7. The highest BCUT2D eigenvalue weighted by Gasteiger charge is 2.49. The Kier molecular flexibility index (Phi) is 15.0. The summed E-state index contributed by atoms with van der Waals surface area (Å²) in [5.41, 5.74) is 0.643. The van der Waals surface area contributed by atoms with Crippen LogP contribution in [-0.4, -0.2) is 119 Å². The van der Waals surface area contributed by atoms with E-state index in [1.54, 1.807) is 12.1 Å². The maximum atomic E-state index is 12.2. The quantitative estimate of drug-likeness (QED) is 0.101. The van der Waals surface area contributed by atoms with Crippen molar-refractivity contribution in [2.45, 2.75) is 114 Å². The first kappa shape index (κ1) is 36.4. The lowest BCUT2D eigenvalue weighted by Gasteiger charge is -2.45. The van der Waals surface area contributed by atoms with Crippen LogP contribution < -0.4 is 9.47 Å². The summed E-state index contributed by atoms with van der Waals surface area (Å²) in [5.74, 6) is 0.794. The maximum Gasteiger partial charge on any atom is 0.306 e. The van der Waals surface area contributed by atoms with Crippen LogP contribution in [0.4, 0.5) is 0 Å². The van der Waals surface area contributed by atoms with Crippen LogP contribution in [0, 0.1) is 5.92 Å². The van der Waals surface area contributed by atoms with Gasteiger partial charge < -0.3 is 63.8 Å². The molecule has 0 spiro atoms. The number of ether oxygens (including phenoxy) is 7. The predicted molar refractivity (Wildman–Crippen MR) is 152 cm³/mol. The van der Waals surface area contributed by atoms with Gasteiger partial charge in [0, 0.05) is 6.42 Å². The molecular formula is C30H48O14. The summed E-state index contributed by atoms with van der Waals surface area (Å²) in [6, 6.07) is 4.79. The molecule has 1 aromatic rings. The highest BCUT2D eigenvalue weighted by molar-refractivity contribution is 5.69. The molecule has 0 saturated carbocycles. The predicted octanol–water partition coefficient (Wildman–Crippen LogP) is 0.351. The highest BCUT2D eigenvalue weighted by Crippen LogP contribution is 2.34. The van der Waals surface area contributed by atoms with Gasteiger partial charge in [0.05, 0.1) is 26.9 Å². The molecule has 14 nitrogen and oxygen atoms in total. The van der Waals surface area contributed by atoms with E-state index >= 15 is 0 Å². The summed E-state index contributed by atoms with van der Waals surface area (Å²) in [6.07, 6.45) is -7.19. The summed E-state index contributed by atoms with van der Waals surface area (Å²) in [6.45, 7) is 2.68. The zero-order valence-electron chi connectivity index (χ0n) is 25.5. The molecule has 6 N–H and O–H groups in total. The molecule has 0 amide bonds. The fourth-order valence-electron chi connectivity index (χ4n) is 4.99. The number of methoxy groups -OCH3 is 1. The number of rotatable bonds is 17. The first-order valence-electron chi connectivity index (χ1n) is 15.1. The van der Waals surface area contributed by atoms with Crippen LogP contribution in [0.3, 0.4) is 0 Å². The van der Waals surface area contributed by atoms with Gasteiger partial charge >= 0.3 is 5.97 Å². The van der Waals surface area contributed by atoms with E-state index < -0.39 is 75.3 Å². The van der Waals surface area contributed by atoms with Crippen molar-refractivity contribution in [3.05, 3.63) is 23.8 Å². The highest BCUT2D eigenvalue weighted by atomic mass is 16.8. The van der Waals surface area contributed by atoms with Crippen LogP contribution in [0.25, 0.3) is 0 Å². The van der Waals surface area contributed by atoms with Crippen molar-refractivity contribution in [3.63, 3.8) is 0 Å². The molecule has 14 heteroatoms. The topological polar surface area (TPSA) is 203 Å². The Morgan fingerprint density at radius 3 is 2.16 bits per heavy atom. The second-order valence-corrected chi connectivity index (χ2v) is 11.4. The first-order valence-corrected chi connectivity index (χ1v) is 15.1. The zero-order chi connectivity index (χ0) is 32.2. The van der Waals surface area contributed by atoms with Crippen molar-refractivity contribution in [1.82, 2.24) is 0 Å². The van der Waals surface area contributed by atoms with Gasteiger partial charge in [0.15, 0.2) is 11.5 Å². The lowest BCUT2D eigenvalue weighted by molar-refractivity contribution is -0.387. The Morgan fingerprint density at radius 2 is 1.50 bits per heavy atom. The normalized spacial score (nSPS) is 30.7. The number of aliphatic hydroxyl groups excluding tert-OH is 6. The van der Waals surface area contributed by atoms with Crippen LogP contribution in [0.5, 0.6) is 11.5 Å². The van der Waals surface area contributed by atoms with E-state index in [0.29, 0.717) is 17.9 Å². The van der Waals surface area contributed by atoms with Gasteiger partial charge in [-0.25, -0.2) is 0 Å². The van der Waals surface area contributed by atoms with E-state index in [0.717, 1.165) is 25.7 Å². The molecule has 2 aliphatic heterocycles. The van der Waals surface area contributed by atoms with E-state index in [2.05, 4.69) is 13.8 Å². The number of hydrogen-bond acceptors (Lipinski definition) is 14. The molecule has 44 heavy (non-hydrogen) atoms. The Morgan fingerprint density at radius 1 is 0.841 bits per heavy atom. The van der Waals surface area contributed by atoms with Gasteiger partial charge in [-0.05, 0) is 30.0 Å². The Hall–Kier alpha value is -2.11. The van der Waals surface area contributed by atoms with Gasteiger partial charge in [0.1, 0.15) is 43.2 Å². The smallest absolute Gasteiger partial charge is 0.306 e. The third-order valence-electron chi connectivity index (χ3n) is 7.53. The lowest BCUT2D eigenvalue weighted by atomic mass is 9.99. The largest absolute Gasteiger partial charge is 0.493 e. The Bertz CT molecular complexity index is 990. The van der Waals surface area contributed by atoms with Gasteiger partial charge in [-0.2, -0.15) is 0 Å². The minimum absolute atomic E-state index is 0.0324. The average molecular weight is 633 g/mol. The minimum Gasteiger partial charge on any atom is -0.493 e. The molecule has 2 aliphatic rings. The van der Waals surface area contributed by atoms with E-state index in [1.165, 1.54) is 19.6 Å². The van der Waals surface area contributed by atoms with Crippen LogP contribution >= 0.6 is 0 Å². The van der Waals surface area contributed by atoms with E-state index in [4.69, 9.17) is 33.2 Å². The van der Waals surface area contributed by atoms with Crippen molar-refractivity contribution in [2.75, 3.05) is 26.9 Å². The van der Waals surface area contributed by atoms with Crippen molar-refractivity contribution < 1.29 is 68.6 Å². The average Bonchev–Trinajstić information content (AvgIpc) is 3.02. The minimum atomic E-state index is -1.70. The van der Waals surface area contributed by atoms with Crippen molar-refractivity contribution in [3.8, 4) is 11.5 Å². The van der Waals surface area contributed by atoms with Gasteiger partial charge in [-0.1, -0.05) is 45.6 Å². The molecule has 252 valence electrons. The third-order valence-corrected chi connectivity index (χ3v) is 7.53. The summed E-state index contributed by atoms with van der Waals surface area (Å²) < 4.78 is 38.5. The maximum absolute atomic E-state index is 12.2.